The number of carbonyl (C=O) groups excluding carboxylic acids is 1. The number of amides is 1. The zero-order valence-electron chi connectivity index (χ0n) is 11.9. The first-order chi connectivity index (χ1) is 10.2. The maximum absolute atomic E-state index is 12.8. The molecule has 0 radical (unpaired) electrons. The van der Waals surface area contributed by atoms with Gasteiger partial charge in [-0.05, 0) is 48.2 Å². The SMILES string of the molecule is CC1Cc2ccccc2N(C(=O)c2ccc(C#N)cc2)C1. The highest BCUT2D eigenvalue weighted by Crippen LogP contribution is 2.30. The van der Waals surface area contributed by atoms with Crippen molar-refractivity contribution in [3.63, 3.8) is 0 Å². The van der Waals surface area contributed by atoms with E-state index in [4.69, 9.17) is 5.26 Å². The minimum Gasteiger partial charge on any atom is -0.308 e. The largest absolute Gasteiger partial charge is 0.308 e. The molecule has 1 unspecified atom stereocenters. The molecule has 2 aromatic carbocycles. The molecule has 0 N–H and O–H groups in total. The van der Waals surface area contributed by atoms with Crippen LogP contribution in [-0.4, -0.2) is 12.5 Å². The summed E-state index contributed by atoms with van der Waals surface area (Å²) in [4.78, 5) is 14.6. The molecule has 2 aromatic rings. The molecular weight excluding hydrogens is 260 g/mol. The second-order valence-electron chi connectivity index (χ2n) is 5.54. The van der Waals surface area contributed by atoms with Gasteiger partial charge in [-0.15, -0.1) is 0 Å². The molecule has 0 spiro atoms. The molecule has 3 rings (SSSR count). The van der Waals surface area contributed by atoms with Crippen molar-refractivity contribution in [2.24, 2.45) is 5.92 Å². The van der Waals surface area contributed by atoms with Crippen molar-refractivity contribution in [2.45, 2.75) is 13.3 Å². The molecule has 104 valence electrons. The molecule has 0 aromatic heterocycles. The van der Waals surface area contributed by atoms with E-state index < -0.39 is 0 Å². The third-order valence-electron chi connectivity index (χ3n) is 3.85. The third-order valence-corrected chi connectivity index (χ3v) is 3.85. The summed E-state index contributed by atoms with van der Waals surface area (Å²) in [6, 6.07) is 17.0. The lowest BCUT2D eigenvalue weighted by Crippen LogP contribution is -2.39. The zero-order chi connectivity index (χ0) is 14.8. The van der Waals surface area contributed by atoms with Crippen molar-refractivity contribution in [3.8, 4) is 6.07 Å². The summed E-state index contributed by atoms with van der Waals surface area (Å²) in [5, 5.41) is 8.84. The average Bonchev–Trinajstić information content (AvgIpc) is 2.53. The van der Waals surface area contributed by atoms with E-state index in [-0.39, 0.29) is 5.91 Å². The number of para-hydroxylation sites is 1. The molecule has 0 saturated heterocycles. The smallest absolute Gasteiger partial charge is 0.258 e. The second-order valence-corrected chi connectivity index (χ2v) is 5.54. The Morgan fingerprint density at radius 2 is 1.90 bits per heavy atom. The van der Waals surface area contributed by atoms with Crippen molar-refractivity contribution in [1.82, 2.24) is 0 Å². The summed E-state index contributed by atoms with van der Waals surface area (Å²) >= 11 is 0. The summed E-state index contributed by atoms with van der Waals surface area (Å²) in [5.74, 6) is 0.445. The molecule has 3 heteroatoms. The van der Waals surface area contributed by atoms with E-state index in [1.807, 2.05) is 23.1 Å². The van der Waals surface area contributed by atoms with Crippen LogP contribution >= 0.6 is 0 Å². The molecule has 0 bridgehead atoms. The molecule has 0 aliphatic carbocycles. The number of carbonyl (C=O) groups is 1. The maximum Gasteiger partial charge on any atom is 0.258 e. The first-order valence-corrected chi connectivity index (χ1v) is 7.09. The van der Waals surface area contributed by atoms with Gasteiger partial charge in [0.05, 0.1) is 11.6 Å². The van der Waals surface area contributed by atoms with Crippen molar-refractivity contribution >= 4 is 11.6 Å². The van der Waals surface area contributed by atoms with Crippen LogP contribution in [0.2, 0.25) is 0 Å². The highest BCUT2D eigenvalue weighted by molar-refractivity contribution is 6.06. The number of hydrogen-bond acceptors (Lipinski definition) is 2. The molecule has 1 heterocycles. The third kappa shape index (κ3) is 2.53. The summed E-state index contributed by atoms with van der Waals surface area (Å²) < 4.78 is 0. The Hall–Kier alpha value is -2.60. The van der Waals surface area contributed by atoms with E-state index in [9.17, 15) is 4.79 Å². The van der Waals surface area contributed by atoms with Crippen LogP contribution in [0.3, 0.4) is 0 Å². The number of nitrogens with zero attached hydrogens (tertiary/aromatic N) is 2. The second kappa shape index (κ2) is 5.41. The number of nitriles is 1. The number of anilines is 1. The normalized spacial score (nSPS) is 17.0. The van der Waals surface area contributed by atoms with Gasteiger partial charge in [0.1, 0.15) is 0 Å². The topological polar surface area (TPSA) is 44.1 Å². The van der Waals surface area contributed by atoms with Crippen molar-refractivity contribution in [1.29, 1.82) is 5.26 Å². The minimum atomic E-state index is -0.00140. The van der Waals surface area contributed by atoms with E-state index in [0.29, 0.717) is 17.0 Å². The molecule has 0 saturated carbocycles. The maximum atomic E-state index is 12.8. The van der Waals surface area contributed by atoms with Crippen LogP contribution in [0.25, 0.3) is 0 Å². The molecule has 3 nitrogen and oxygen atoms in total. The van der Waals surface area contributed by atoms with Gasteiger partial charge in [-0.25, -0.2) is 0 Å². The number of benzene rings is 2. The van der Waals surface area contributed by atoms with Gasteiger partial charge in [-0.3, -0.25) is 4.79 Å². The van der Waals surface area contributed by atoms with Crippen molar-refractivity contribution in [2.75, 3.05) is 11.4 Å². The summed E-state index contributed by atoms with van der Waals surface area (Å²) in [6.07, 6.45) is 1.01. The molecule has 1 aliphatic heterocycles. The molecule has 0 fully saturated rings. The highest BCUT2D eigenvalue weighted by Gasteiger charge is 2.26. The number of rotatable bonds is 1. The first kappa shape index (κ1) is 13.4. The predicted octanol–water partition coefficient (Wildman–Crippen LogP) is 3.40. The van der Waals surface area contributed by atoms with Crippen LogP contribution in [0.5, 0.6) is 0 Å². The van der Waals surface area contributed by atoms with E-state index in [1.54, 1.807) is 24.3 Å². The summed E-state index contributed by atoms with van der Waals surface area (Å²) in [5.41, 5.74) is 3.42. The average molecular weight is 276 g/mol. The van der Waals surface area contributed by atoms with Gasteiger partial charge in [0.15, 0.2) is 0 Å². The van der Waals surface area contributed by atoms with E-state index >= 15 is 0 Å². The Balaban J connectivity index is 1.96. The molecular formula is C18H16N2O. The summed E-state index contributed by atoms with van der Waals surface area (Å²) in [7, 11) is 0. The standard InChI is InChI=1S/C18H16N2O/c1-13-10-16-4-2-3-5-17(16)20(12-13)18(21)15-8-6-14(11-19)7-9-15/h2-9,13H,10,12H2,1H3. The molecule has 21 heavy (non-hydrogen) atoms. The van der Waals surface area contributed by atoms with Crippen LogP contribution in [0.15, 0.2) is 48.5 Å². The predicted molar refractivity (Wildman–Crippen MR) is 82.1 cm³/mol. The fourth-order valence-corrected chi connectivity index (χ4v) is 2.83. The van der Waals surface area contributed by atoms with Gasteiger partial charge in [0, 0.05) is 17.8 Å². The first-order valence-electron chi connectivity index (χ1n) is 7.09. The summed E-state index contributed by atoms with van der Waals surface area (Å²) in [6.45, 7) is 2.89. The lowest BCUT2D eigenvalue weighted by molar-refractivity contribution is 0.0981. The lowest BCUT2D eigenvalue weighted by atomic mass is 9.93. The van der Waals surface area contributed by atoms with Crippen LogP contribution in [-0.2, 0) is 6.42 Å². The van der Waals surface area contributed by atoms with Gasteiger partial charge in [-0.1, -0.05) is 25.1 Å². The van der Waals surface area contributed by atoms with E-state index in [0.717, 1.165) is 18.7 Å². The van der Waals surface area contributed by atoms with E-state index in [1.165, 1.54) is 5.56 Å². The van der Waals surface area contributed by atoms with Crippen LogP contribution < -0.4 is 4.90 Å². The monoisotopic (exact) mass is 276 g/mol. The van der Waals surface area contributed by atoms with Crippen molar-refractivity contribution < 1.29 is 4.79 Å². The quantitative estimate of drug-likeness (QED) is 0.801. The van der Waals surface area contributed by atoms with Crippen LogP contribution in [0.1, 0.15) is 28.4 Å². The van der Waals surface area contributed by atoms with Crippen molar-refractivity contribution in [3.05, 3.63) is 65.2 Å². The Morgan fingerprint density at radius 3 is 2.62 bits per heavy atom. The molecule has 1 aliphatic rings. The molecule has 1 atom stereocenters. The Labute approximate surface area is 124 Å². The molecule has 1 amide bonds. The number of fused-ring (bicyclic) bond motifs is 1. The van der Waals surface area contributed by atoms with Crippen LogP contribution in [0.4, 0.5) is 5.69 Å². The Morgan fingerprint density at radius 1 is 1.19 bits per heavy atom. The van der Waals surface area contributed by atoms with E-state index in [2.05, 4.69) is 19.1 Å². The van der Waals surface area contributed by atoms with Gasteiger partial charge < -0.3 is 4.90 Å². The van der Waals surface area contributed by atoms with Gasteiger partial charge in [0.2, 0.25) is 0 Å². The van der Waals surface area contributed by atoms with Gasteiger partial charge in [0.25, 0.3) is 5.91 Å². The number of hydrogen-bond donors (Lipinski definition) is 0. The van der Waals surface area contributed by atoms with Gasteiger partial charge >= 0.3 is 0 Å². The fraction of sp³-hybridized carbons (Fsp3) is 0.222. The lowest BCUT2D eigenvalue weighted by Gasteiger charge is -2.33. The van der Waals surface area contributed by atoms with Crippen LogP contribution in [0, 0.1) is 17.2 Å². The Kier molecular flexibility index (Phi) is 3.45. The fourth-order valence-electron chi connectivity index (χ4n) is 2.83. The Bertz CT molecular complexity index is 713. The minimum absolute atomic E-state index is 0.00140. The van der Waals surface area contributed by atoms with Gasteiger partial charge in [-0.2, -0.15) is 5.26 Å². The zero-order valence-corrected chi connectivity index (χ0v) is 11.9. The highest BCUT2D eigenvalue weighted by atomic mass is 16.2.